The van der Waals surface area contributed by atoms with Gasteiger partial charge in [-0.15, -0.1) is 0 Å². The zero-order valence-corrected chi connectivity index (χ0v) is 18.3. The lowest BCUT2D eigenvalue weighted by atomic mass is 10.1. The molecule has 0 amide bonds. The molecule has 32 heavy (non-hydrogen) atoms. The second-order valence-electron chi connectivity index (χ2n) is 8.44. The van der Waals surface area contributed by atoms with Gasteiger partial charge in [-0.3, -0.25) is 4.98 Å². The van der Waals surface area contributed by atoms with Gasteiger partial charge in [0.15, 0.2) is 11.5 Å². The number of halogens is 1. The molecule has 166 valence electrons. The Morgan fingerprint density at radius 2 is 2.03 bits per heavy atom. The molecule has 5 rings (SSSR count). The fraction of sp³-hybridized carbons (Fsp3) is 0.346. The van der Waals surface area contributed by atoms with Crippen LogP contribution >= 0.6 is 0 Å². The van der Waals surface area contributed by atoms with E-state index in [-0.39, 0.29) is 11.9 Å². The quantitative estimate of drug-likeness (QED) is 0.386. The molecule has 4 aromatic rings. The highest BCUT2D eigenvalue weighted by Gasteiger charge is 2.23. The van der Waals surface area contributed by atoms with Crippen molar-refractivity contribution in [3.8, 4) is 11.5 Å². The predicted octanol–water partition coefficient (Wildman–Crippen LogP) is 5.24. The molecule has 0 radical (unpaired) electrons. The molecule has 0 saturated heterocycles. The van der Waals surface area contributed by atoms with Crippen LogP contribution in [0.1, 0.15) is 25.0 Å². The molecule has 1 aliphatic rings. The maximum atomic E-state index is 13.5. The van der Waals surface area contributed by atoms with Crippen molar-refractivity contribution in [2.45, 2.75) is 38.8 Å². The monoisotopic (exact) mass is 433 g/mol. The highest BCUT2D eigenvalue weighted by molar-refractivity contribution is 5.88. The predicted molar refractivity (Wildman–Crippen MR) is 125 cm³/mol. The van der Waals surface area contributed by atoms with Gasteiger partial charge in [0.25, 0.3) is 0 Å². The van der Waals surface area contributed by atoms with Gasteiger partial charge in [-0.25, -0.2) is 4.39 Å². The number of hydrogen-bond acceptors (Lipinski definition) is 4. The lowest BCUT2D eigenvalue weighted by molar-refractivity contribution is 0.0925. The Hall–Kier alpha value is -3.12. The lowest BCUT2D eigenvalue weighted by Crippen LogP contribution is -2.38. The molecule has 0 fully saturated rings. The number of nitrogens with one attached hydrogen (secondary N) is 1. The number of ether oxygens (including phenoxy) is 2. The Labute approximate surface area is 187 Å². The first-order valence-corrected chi connectivity index (χ1v) is 11.3. The summed E-state index contributed by atoms with van der Waals surface area (Å²) in [6, 6.07) is 15.0. The number of fused-ring (bicyclic) bond motifs is 4. The second kappa shape index (κ2) is 9.17. The van der Waals surface area contributed by atoms with Crippen LogP contribution in [0.4, 0.5) is 4.39 Å². The number of benzene rings is 2. The summed E-state index contributed by atoms with van der Waals surface area (Å²) < 4.78 is 27.8. The number of unbranched alkanes of at least 4 members (excludes halogenated alkanes) is 2. The first-order valence-electron chi connectivity index (χ1n) is 11.3. The molecule has 0 saturated carbocycles. The summed E-state index contributed by atoms with van der Waals surface area (Å²) in [6.07, 6.45) is 5.29. The number of nitrogens with zero attached hydrogens (tertiary/aromatic N) is 2. The Kier molecular flexibility index (Phi) is 5.95. The van der Waals surface area contributed by atoms with Crippen molar-refractivity contribution >= 4 is 21.8 Å². The van der Waals surface area contributed by atoms with E-state index in [9.17, 15) is 4.39 Å². The molecule has 1 N–H and O–H groups in total. The number of aromatic nitrogens is 2. The van der Waals surface area contributed by atoms with E-state index in [4.69, 9.17) is 9.47 Å². The third kappa shape index (κ3) is 4.41. The Bertz CT molecular complexity index is 1240. The van der Waals surface area contributed by atoms with Gasteiger partial charge in [-0.05, 0) is 80.2 Å². The first-order chi connectivity index (χ1) is 15.7. The van der Waals surface area contributed by atoms with Crippen LogP contribution in [0.5, 0.6) is 11.5 Å². The van der Waals surface area contributed by atoms with Crippen LogP contribution < -0.4 is 14.8 Å². The van der Waals surface area contributed by atoms with Gasteiger partial charge in [-0.2, -0.15) is 0 Å². The van der Waals surface area contributed by atoms with E-state index in [0.29, 0.717) is 6.61 Å². The van der Waals surface area contributed by atoms with E-state index >= 15 is 0 Å². The fourth-order valence-electron chi connectivity index (χ4n) is 4.30. The second-order valence-corrected chi connectivity index (χ2v) is 8.44. The SMILES string of the molecule is Cc1ccc2c3c(ccc2n1)OCC(CNCCCCCn1ccc2ccc(F)cc21)O3. The summed E-state index contributed by atoms with van der Waals surface area (Å²) in [6.45, 7) is 5.12. The fourth-order valence-corrected chi connectivity index (χ4v) is 4.30. The third-order valence-corrected chi connectivity index (χ3v) is 5.99. The maximum absolute atomic E-state index is 13.5. The van der Waals surface area contributed by atoms with Crippen molar-refractivity contribution < 1.29 is 13.9 Å². The minimum atomic E-state index is -0.183. The number of aryl methyl sites for hydroxylation is 2. The zero-order chi connectivity index (χ0) is 21.9. The maximum Gasteiger partial charge on any atom is 0.171 e. The molecule has 0 spiro atoms. The molecule has 5 nitrogen and oxygen atoms in total. The molecule has 0 bridgehead atoms. The van der Waals surface area contributed by atoms with E-state index in [1.807, 2.05) is 43.5 Å². The smallest absolute Gasteiger partial charge is 0.171 e. The van der Waals surface area contributed by atoms with E-state index in [1.165, 1.54) is 6.07 Å². The van der Waals surface area contributed by atoms with Crippen LogP contribution in [-0.2, 0) is 6.54 Å². The summed E-state index contributed by atoms with van der Waals surface area (Å²) in [7, 11) is 0. The average Bonchev–Trinajstić information content (AvgIpc) is 3.20. The van der Waals surface area contributed by atoms with Crippen molar-refractivity contribution in [3.63, 3.8) is 0 Å². The van der Waals surface area contributed by atoms with Crippen molar-refractivity contribution in [3.05, 3.63) is 66.2 Å². The molecular weight excluding hydrogens is 405 g/mol. The van der Waals surface area contributed by atoms with Crippen LogP contribution in [0.2, 0.25) is 0 Å². The molecule has 3 heterocycles. The van der Waals surface area contributed by atoms with Crippen LogP contribution in [0.3, 0.4) is 0 Å². The van der Waals surface area contributed by atoms with Crippen LogP contribution in [0, 0.1) is 12.7 Å². The van der Waals surface area contributed by atoms with E-state index in [2.05, 4.69) is 20.9 Å². The van der Waals surface area contributed by atoms with Crippen molar-refractivity contribution in [2.24, 2.45) is 0 Å². The standard InChI is InChI=1S/C26H28FN3O2/c1-18-5-8-22-23(29-18)9-10-25-26(22)32-21(17-31-25)16-28-12-3-2-4-13-30-14-11-19-6-7-20(27)15-24(19)30/h5-11,14-15,21,28H,2-4,12-13,16-17H2,1H3. The molecule has 6 heteroatoms. The first kappa shape index (κ1) is 20.8. The van der Waals surface area contributed by atoms with Crippen molar-refractivity contribution in [1.29, 1.82) is 0 Å². The lowest BCUT2D eigenvalue weighted by Gasteiger charge is -2.27. The summed E-state index contributed by atoms with van der Waals surface area (Å²) in [5.74, 6) is 1.40. The number of rotatable bonds is 8. The van der Waals surface area contributed by atoms with E-state index in [0.717, 1.165) is 77.9 Å². The van der Waals surface area contributed by atoms with E-state index < -0.39 is 0 Å². The van der Waals surface area contributed by atoms with Gasteiger partial charge in [0.05, 0.1) is 11.0 Å². The summed E-state index contributed by atoms with van der Waals surface area (Å²) >= 11 is 0. The van der Waals surface area contributed by atoms with Gasteiger partial charge in [0.2, 0.25) is 0 Å². The van der Waals surface area contributed by atoms with Crippen molar-refractivity contribution in [2.75, 3.05) is 19.7 Å². The highest BCUT2D eigenvalue weighted by atomic mass is 19.1. The summed E-state index contributed by atoms with van der Waals surface area (Å²) in [4.78, 5) is 4.58. The summed E-state index contributed by atoms with van der Waals surface area (Å²) in [5.41, 5.74) is 2.89. The molecular formula is C26H28FN3O2. The minimum absolute atomic E-state index is 0.0180. The van der Waals surface area contributed by atoms with Crippen LogP contribution in [-0.4, -0.2) is 35.4 Å². The topological polar surface area (TPSA) is 48.3 Å². The molecule has 1 atom stereocenters. The molecule has 1 aliphatic heterocycles. The van der Waals surface area contributed by atoms with Gasteiger partial charge in [0, 0.05) is 30.4 Å². The largest absolute Gasteiger partial charge is 0.486 e. The third-order valence-electron chi connectivity index (χ3n) is 5.99. The molecule has 1 unspecified atom stereocenters. The Morgan fingerprint density at radius 1 is 1.09 bits per heavy atom. The average molecular weight is 434 g/mol. The zero-order valence-electron chi connectivity index (χ0n) is 18.3. The minimum Gasteiger partial charge on any atom is -0.486 e. The van der Waals surface area contributed by atoms with Crippen LogP contribution in [0.15, 0.2) is 54.7 Å². The van der Waals surface area contributed by atoms with Crippen LogP contribution in [0.25, 0.3) is 21.8 Å². The van der Waals surface area contributed by atoms with Crippen molar-refractivity contribution in [1.82, 2.24) is 14.9 Å². The Balaban J connectivity index is 1.06. The Morgan fingerprint density at radius 3 is 2.97 bits per heavy atom. The molecule has 0 aliphatic carbocycles. The van der Waals surface area contributed by atoms with Gasteiger partial charge >= 0.3 is 0 Å². The molecule has 2 aromatic heterocycles. The number of pyridine rings is 1. The number of hydrogen-bond donors (Lipinski definition) is 1. The van der Waals surface area contributed by atoms with Gasteiger partial charge < -0.3 is 19.4 Å². The van der Waals surface area contributed by atoms with E-state index in [1.54, 1.807) is 6.07 Å². The summed E-state index contributed by atoms with van der Waals surface area (Å²) in [5, 5.41) is 5.58. The van der Waals surface area contributed by atoms with Gasteiger partial charge in [-0.1, -0.05) is 6.42 Å². The highest BCUT2D eigenvalue weighted by Crippen LogP contribution is 2.38. The normalized spacial score (nSPS) is 15.5. The molecule has 2 aromatic carbocycles. The van der Waals surface area contributed by atoms with Gasteiger partial charge in [0.1, 0.15) is 18.5 Å².